The Morgan fingerprint density at radius 3 is 2.67 bits per heavy atom. The summed E-state index contributed by atoms with van der Waals surface area (Å²) in [5, 5.41) is 9.40. The van der Waals surface area contributed by atoms with Crippen molar-refractivity contribution in [2.24, 2.45) is 5.92 Å². The highest BCUT2D eigenvalue weighted by molar-refractivity contribution is 5.73. The molecule has 1 fully saturated rings. The summed E-state index contributed by atoms with van der Waals surface area (Å²) < 4.78 is 14.2. The average Bonchev–Trinajstić information content (AvgIpc) is 2.45. The SMILES string of the molecule is COC(=O)[C@H]1CO[C@@H](OC)[C@@H]1O. The molecule has 1 aliphatic heterocycles. The molecule has 0 radical (unpaired) electrons. The Hall–Kier alpha value is -0.650. The van der Waals surface area contributed by atoms with Crippen molar-refractivity contribution in [3.05, 3.63) is 0 Å². The molecule has 0 aliphatic carbocycles. The second-order valence-electron chi connectivity index (χ2n) is 2.56. The van der Waals surface area contributed by atoms with E-state index in [-0.39, 0.29) is 6.61 Å². The molecule has 1 saturated heterocycles. The summed E-state index contributed by atoms with van der Waals surface area (Å²) in [6.07, 6.45) is -1.64. The molecule has 3 atom stereocenters. The van der Waals surface area contributed by atoms with Crippen molar-refractivity contribution in [3.63, 3.8) is 0 Å². The van der Waals surface area contributed by atoms with Gasteiger partial charge in [-0.05, 0) is 0 Å². The molecule has 70 valence electrons. The molecule has 0 saturated carbocycles. The van der Waals surface area contributed by atoms with Crippen LogP contribution < -0.4 is 0 Å². The van der Waals surface area contributed by atoms with Crippen LogP contribution in [0.2, 0.25) is 0 Å². The molecule has 1 rings (SSSR count). The van der Waals surface area contributed by atoms with Crippen LogP contribution in [-0.4, -0.2) is 44.3 Å². The van der Waals surface area contributed by atoms with Gasteiger partial charge >= 0.3 is 5.97 Å². The van der Waals surface area contributed by atoms with Gasteiger partial charge in [0.2, 0.25) is 0 Å². The van der Waals surface area contributed by atoms with Crippen LogP contribution in [0.25, 0.3) is 0 Å². The zero-order valence-electron chi connectivity index (χ0n) is 7.02. The van der Waals surface area contributed by atoms with E-state index in [1.165, 1.54) is 14.2 Å². The van der Waals surface area contributed by atoms with Gasteiger partial charge in [-0.15, -0.1) is 0 Å². The first-order valence-corrected chi connectivity index (χ1v) is 3.61. The molecular formula is C7H12O5. The van der Waals surface area contributed by atoms with E-state index in [4.69, 9.17) is 9.47 Å². The van der Waals surface area contributed by atoms with E-state index in [9.17, 15) is 9.90 Å². The van der Waals surface area contributed by atoms with E-state index >= 15 is 0 Å². The zero-order valence-corrected chi connectivity index (χ0v) is 7.02. The third-order valence-electron chi connectivity index (χ3n) is 1.87. The number of hydrogen-bond acceptors (Lipinski definition) is 5. The van der Waals surface area contributed by atoms with Gasteiger partial charge < -0.3 is 19.3 Å². The minimum Gasteiger partial charge on any atom is -0.469 e. The van der Waals surface area contributed by atoms with E-state index in [1.54, 1.807) is 0 Å². The Morgan fingerprint density at radius 1 is 1.58 bits per heavy atom. The largest absolute Gasteiger partial charge is 0.469 e. The second kappa shape index (κ2) is 3.84. The van der Waals surface area contributed by atoms with Crippen LogP contribution >= 0.6 is 0 Å². The maximum atomic E-state index is 11.0. The van der Waals surface area contributed by atoms with Gasteiger partial charge in [0.05, 0.1) is 13.7 Å². The lowest BCUT2D eigenvalue weighted by atomic mass is 10.1. The van der Waals surface area contributed by atoms with Crippen molar-refractivity contribution in [1.29, 1.82) is 0 Å². The first kappa shape index (κ1) is 9.44. The normalized spacial score (nSPS) is 35.1. The highest BCUT2D eigenvalue weighted by Crippen LogP contribution is 2.21. The molecule has 0 spiro atoms. The van der Waals surface area contributed by atoms with Gasteiger partial charge in [-0.1, -0.05) is 0 Å². The fourth-order valence-corrected chi connectivity index (χ4v) is 1.15. The number of carbonyl (C=O) groups excluding carboxylic acids is 1. The molecule has 5 heteroatoms. The van der Waals surface area contributed by atoms with Crippen LogP contribution in [0.4, 0.5) is 0 Å². The number of rotatable bonds is 2. The highest BCUT2D eigenvalue weighted by Gasteiger charge is 2.41. The van der Waals surface area contributed by atoms with E-state index in [0.717, 1.165) is 0 Å². The molecule has 0 bridgehead atoms. The number of aliphatic hydroxyl groups is 1. The Morgan fingerprint density at radius 2 is 2.25 bits per heavy atom. The van der Waals surface area contributed by atoms with Gasteiger partial charge in [-0.25, -0.2) is 0 Å². The van der Waals surface area contributed by atoms with Crippen molar-refractivity contribution in [2.45, 2.75) is 12.4 Å². The molecule has 1 aliphatic rings. The average molecular weight is 176 g/mol. The van der Waals surface area contributed by atoms with Crippen LogP contribution in [-0.2, 0) is 19.0 Å². The molecule has 1 N–H and O–H groups in total. The Kier molecular flexibility index (Phi) is 3.02. The van der Waals surface area contributed by atoms with Crippen LogP contribution in [0.1, 0.15) is 0 Å². The molecule has 1 heterocycles. The van der Waals surface area contributed by atoms with Crippen LogP contribution in [0.5, 0.6) is 0 Å². The molecule has 0 aromatic carbocycles. The summed E-state index contributed by atoms with van der Waals surface area (Å²) in [6, 6.07) is 0. The highest BCUT2D eigenvalue weighted by atomic mass is 16.7. The number of methoxy groups -OCH3 is 2. The predicted octanol–water partition coefficient (Wildman–Crippen LogP) is -0.861. The van der Waals surface area contributed by atoms with E-state index in [0.29, 0.717) is 0 Å². The summed E-state index contributed by atoms with van der Waals surface area (Å²) in [4.78, 5) is 11.0. The zero-order chi connectivity index (χ0) is 9.14. The lowest BCUT2D eigenvalue weighted by molar-refractivity contribution is -0.151. The standard InChI is InChI=1S/C7H12O5/c1-10-6(9)4-3-12-7(11-2)5(4)8/h4-5,7-8H,3H2,1-2H3/t4-,5+,7+/m0/s1. The Balaban J connectivity index is 2.54. The van der Waals surface area contributed by atoms with Crippen molar-refractivity contribution in [1.82, 2.24) is 0 Å². The first-order valence-electron chi connectivity index (χ1n) is 3.61. The maximum Gasteiger partial charge on any atom is 0.313 e. The fraction of sp³-hybridized carbons (Fsp3) is 0.857. The number of hydrogen-bond donors (Lipinski definition) is 1. The van der Waals surface area contributed by atoms with E-state index in [2.05, 4.69) is 4.74 Å². The number of aliphatic hydroxyl groups excluding tert-OH is 1. The van der Waals surface area contributed by atoms with Crippen LogP contribution in [0, 0.1) is 5.92 Å². The quantitative estimate of drug-likeness (QED) is 0.554. The first-order chi connectivity index (χ1) is 5.70. The van der Waals surface area contributed by atoms with Gasteiger partial charge in [-0.2, -0.15) is 0 Å². The summed E-state index contributed by atoms with van der Waals surface area (Å²) in [5.41, 5.74) is 0. The monoisotopic (exact) mass is 176 g/mol. The third-order valence-corrected chi connectivity index (χ3v) is 1.87. The van der Waals surface area contributed by atoms with Gasteiger partial charge in [0, 0.05) is 7.11 Å². The molecule has 0 aromatic heterocycles. The minimum atomic E-state index is -0.928. The smallest absolute Gasteiger partial charge is 0.313 e. The predicted molar refractivity (Wildman–Crippen MR) is 38.3 cm³/mol. The summed E-state index contributed by atoms with van der Waals surface area (Å²) in [5.74, 6) is -1.10. The molecular weight excluding hydrogens is 164 g/mol. The molecule has 0 unspecified atom stereocenters. The van der Waals surface area contributed by atoms with Crippen molar-refractivity contribution < 1.29 is 24.1 Å². The van der Waals surface area contributed by atoms with E-state index < -0.39 is 24.3 Å². The van der Waals surface area contributed by atoms with Crippen molar-refractivity contribution in [2.75, 3.05) is 20.8 Å². The summed E-state index contributed by atoms with van der Waals surface area (Å²) in [7, 11) is 2.68. The number of carbonyl (C=O) groups is 1. The van der Waals surface area contributed by atoms with E-state index in [1.807, 2.05) is 0 Å². The van der Waals surface area contributed by atoms with Gasteiger partial charge in [0.15, 0.2) is 6.29 Å². The minimum absolute atomic E-state index is 0.145. The summed E-state index contributed by atoms with van der Waals surface area (Å²) in [6.45, 7) is 0.145. The lowest BCUT2D eigenvalue weighted by Crippen LogP contribution is -2.32. The molecule has 5 nitrogen and oxygen atoms in total. The Labute approximate surface area is 70.2 Å². The lowest BCUT2D eigenvalue weighted by Gasteiger charge is -2.13. The molecule has 0 aromatic rings. The Bertz CT molecular complexity index is 169. The fourth-order valence-electron chi connectivity index (χ4n) is 1.15. The second-order valence-corrected chi connectivity index (χ2v) is 2.56. The van der Waals surface area contributed by atoms with Crippen LogP contribution in [0.3, 0.4) is 0 Å². The number of ether oxygens (including phenoxy) is 3. The van der Waals surface area contributed by atoms with Crippen molar-refractivity contribution >= 4 is 5.97 Å². The van der Waals surface area contributed by atoms with Crippen LogP contribution in [0.15, 0.2) is 0 Å². The van der Waals surface area contributed by atoms with Gasteiger partial charge in [0.1, 0.15) is 12.0 Å². The maximum absolute atomic E-state index is 11.0. The van der Waals surface area contributed by atoms with Gasteiger partial charge in [0.25, 0.3) is 0 Å². The van der Waals surface area contributed by atoms with Gasteiger partial charge in [-0.3, -0.25) is 4.79 Å². The third kappa shape index (κ3) is 1.57. The number of esters is 1. The van der Waals surface area contributed by atoms with Crippen molar-refractivity contribution in [3.8, 4) is 0 Å². The molecule has 0 amide bonds. The topological polar surface area (TPSA) is 65.0 Å². The summed E-state index contributed by atoms with van der Waals surface area (Å²) >= 11 is 0. The molecule has 12 heavy (non-hydrogen) atoms.